The molecule has 1 aromatic heterocycles. The molecule has 8 heteroatoms. The molecule has 0 atom stereocenters. The summed E-state index contributed by atoms with van der Waals surface area (Å²) >= 11 is 0. The zero-order valence-corrected chi connectivity index (χ0v) is 11.3. The number of hydrogen-bond donors (Lipinski definition) is 2. The topological polar surface area (TPSA) is 80.1 Å². The van der Waals surface area contributed by atoms with Gasteiger partial charge in [-0.3, -0.25) is 10.1 Å². The number of nitrogens with zero attached hydrogens (tertiary/aromatic N) is 2. The number of pyridine rings is 1. The van der Waals surface area contributed by atoms with Crippen molar-refractivity contribution in [2.75, 3.05) is 17.7 Å². The van der Waals surface area contributed by atoms with Crippen LogP contribution in [0.25, 0.3) is 0 Å². The monoisotopic (exact) mass is 294 g/mol. The Labute approximate surface area is 119 Å². The summed E-state index contributed by atoms with van der Waals surface area (Å²) in [6.07, 6.45) is 0. The van der Waals surface area contributed by atoms with E-state index < -0.39 is 16.6 Å². The largest absolute Gasteiger partial charge is 0.373 e. The highest BCUT2D eigenvalue weighted by atomic mass is 19.1. The molecule has 2 rings (SSSR count). The van der Waals surface area contributed by atoms with E-state index in [0.29, 0.717) is 0 Å². The van der Waals surface area contributed by atoms with Crippen LogP contribution in [0.15, 0.2) is 24.3 Å². The minimum Gasteiger partial charge on any atom is -0.373 e. The molecule has 0 aliphatic heterocycles. The third-order valence-corrected chi connectivity index (χ3v) is 2.79. The van der Waals surface area contributed by atoms with Gasteiger partial charge in [0.1, 0.15) is 23.3 Å². The van der Waals surface area contributed by atoms with Gasteiger partial charge in [0.05, 0.1) is 22.7 Å². The van der Waals surface area contributed by atoms with Gasteiger partial charge in [0, 0.05) is 13.1 Å². The molecule has 6 nitrogen and oxygen atoms in total. The third kappa shape index (κ3) is 3.22. The Morgan fingerprint density at radius 3 is 2.43 bits per heavy atom. The summed E-state index contributed by atoms with van der Waals surface area (Å²) in [5.74, 6) is -0.984. The first-order chi connectivity index (χ1) is 9.90. The van der Waals surface area contributed by atoms with Crippen molar-refractivity contribution in [3.8, 4) is 0 Å². The highest BCUT2D eigenvalue weighted by molar-refractivity contribution is 5.63. The minimum atomic E-state index is -0.673. The molecule has 0 saturated carbocycles. The van der Waals surface area contributed by atoms with Gasteiger partial charge in [-0.15, -0.1) is 0 Å². The van der Waals surface area contributed by atoms with Crippen molar-refractivity contribution in [2.24, 2.45) is 0 Å². The van der Waals surface area contributed by atoms with Crippen LogP contribution in [0.2, 0.25) is 0 Å². The predicted octanol–water partition coefficient (Wildman–Crippen LogP) is 3.36. The van der Waals surface area contributed by atoms with E-state index in [1.165, 1.54) is 13.0 Å². The second-order valence-electron chi connectivity index (χ2n) is 4.31. The van der Waals surface area contributed by atoms with Gasteiger partial charge in [-0.05, 0) is 18.6 Å². The first kappa shape index (κ1) is 14.6. The number of nitro groups is 1. The lowest BCUT2D eigenvalue weighted by atomic mass is 10.2. The van der Waals surface area contributed by atoms with E-state index in [2.05, 4.69) is 15.6 Å². The molecule has 2 N–H and O–H groups in total. The van der Waals surface area contributed by atoms with Crippen molar-refractivity contribution in [1.82, 2.24) is 4.98 Å². The summed E-state index contributed by atoms with van der Waals surface area (Å²) in [6.45, 7) is 1.44. The zero-order valence-electron chi connectivity index (χ0n) is 11.3. The minimum absolute atomic E-state index is 0.0377. The van der Waals surface area contributed by atoms with E-state index in [4.69, 9.17) is 0 Å². The number of aryl methyl sites for hydroxylation is 1. The Balaban J connectivity index is 2.41. The van der Waals surface area contributed by atoms with Gasteiger partial charge in [-0.1, -0.05) is 0 Å². The van der Waals surface area contributed by atoms with Crippen LogP contribution in [0.4, 0.5) is 31.8 Å². The van der Waals surface area contributed by atoms with Gasteiger partial charge in [0.25, 0.3) is 5.69 Å². The maximum Gasteiger partial charge on any atom is 0.276 e. The van der Waals surface area contributed by atoms with Gasteiger partial charge < -0.3 is 10.6 Å². The van der Waals surface area contributed by atoms with Crippen LogP contribution < -0.4 is 10.6 Å². The van der Waals surface area contributed by atoms with Crippen LogP contribution in [0, 0.1) is 28.7 Å². The van der Waals surface area contributed by atoms with Crippen molar-refractivity contribution >= 4 is 23.0 Å². The summed E-state index contributed by atoms with van der Waals surface area (Å²) in [6, 6.07) is 4.38. The smallest absolute Gasteiger partial charge is 0.276 e. The number of nitrogens with one attached hydrogen (secondary N) is 2. The molecule has 1 aromatic carbocycles. The number of rotatable bonds is 4. The fraction of sp³-hybridized carbons (Fsp3) is 0.154. The van der Waals surface area contributed by atoms with Gasteiger partial charge >= 0.3 is 0 Å². The van der Waals surface area contributed by atoms with Crippen molar-refractivity contribution in [1.29, 1.82) is 0 Å². The maximum absolute atomic E-state index is 13.8. The maximum atomic E-state index is 13.8. The molecule has 0 spiro atoms. The fourth-order valence-corrected chi connectivity index (χ4v) is 1.69. The Hall–Kier alpha value is -2.77. The van der Waals surface area contributed by atoms with Gasteiger partial charge in [0.2, 0.25) is 0 Å². The standard InChI is InChI=1S/C13H12F2N4O2/c1-7-3-10(15)11(6-9(7)14)17-13-5-8(19(20)21)4-12(16-2)18-13/h3-6H,1-2H3,(H2,16,17,18). The van der Waals surface area contributed by atoms with Gasteiger partial charge in [-0.25, -0.2) is 13.8 Å². The average molecular weight is 294 g/mol. The van der Waals surface area contributed by atoms with Gasteiger partial charge in [0.15, 0.2) is 0 Å². The Morgan fingerprint density at radius 1 is 1.14 bits per heavy atom. The molecule has 0 radical (unpaired) electrons. The lowest BCUT2D eigenvalue weighted by Gasteiger charge is -2.09. The van der Waals surface area contributed by atoms with Crippen LogP contribution in [0.5, 0.6) is 0 Å². The lowest BCUT2D eigenvalue weighted by Crippen LogP contribution is -2.02. The zero-order chi connectivity index (χ0) is 15.6. The SMILES string of the molecule is CNc1cc([N+](=O)[O-])cc(Nc2cc(F)c(C)cc2F)n1. The van der Waals surface area contributed by atoms with Crippen molar-refractivity contribution in [3.63, 3.8) is 0 Å². The molecule has 21 heavy (non-hydrogen) atoms. The highest BCUT2D eigenvalue weighted by Crippen LogP contribution is 2.26. The molecule has 2 aromatic rings. The normalized spacial score (nSPS) is 10.3. The highest BCUT2D eigenvalue weighted by Gasteiger charge is 2.13. The van der Waals surface area contributed by atoms with Crippen molar-refractivity contribution in [2.45, 2.75) is 6.92 Å². The number of halogens is 2. The van der Waals surface area contributed by atoms with E-state index in [-0.39, 0.29) is 28.6 Å². The predicted molar refractivity (Wildman–Crippen MR) is 74.8 cm³/mol. The van der Waals surface area contributed by atoms with E-state index in [0.717, 1.165) is 18.2 Å². The molecular weight excluding hydrogens is 282 g/mol. The lowest BCUT2D eigenvalue weighted by molar-refractivity contribution is -0.384. The second-order valence-corrected chi connectivity index (χ2v) is 4.31. The Bertz CT molecular complexity index is 707. The van der Waals surface area contributed by atoms with E-state index in [9.17, 15) is 18.9 Å². The van der Waals surface area contributed by atoms with Crippen molar-refractivity contribution < 1.29 is 13.7 Å². The molecule has 0 bridgehead atoms. The van der Waals surface area contributed by atoms with Crippen LogP contribution in [-0.4, -0.2) is 17.0 Å². The quantitative estimate of drug-likeness (QED) is 0.667. The summed E-state index contributed by atoms with van der Waals surface area (Å²) < 4.78 is 27.2. The molecule has 0 unspecified atom stereocenters. The number of anilines is 3. The molecule has 110 valence electrons. The first-order valence-corrected chi connectivity index (χ1v) is 5.97. The van der Waals surface area contributed by atoms with Gasteiger partial charge in [-0.2, -0.15) is 0 Å². The fourth-order valence-electron chi connectivity index (χ4n) is 1.69. The molecule has 0 aliphatic rings. The molecule has 0 fully saturated rings. The Morgan fingerprint density at radius 2 is 1.81 bits per heavy atom. The number of benzene rings is 1. The van der Waals surface area contributed by atoms with Crippen LogP contribution >= 0.6 is 0 Å². The molecule has 0 aliphatic carbocycles. The van der Waals surface area contributed by atoms with Crippen LogP contribution in [-0.2, 0) is 0 Å². The molecule has 1 heterocycles. The van der Waals surface area contributed by atoms with E-state index >= 15 is 0 Å². The van der Waals surface area contributed by atoms with E-state index in [1.54, 1.807) is 7.05 Å². The molecular formula is C13H12F2N4O2. The number of hydrogen-bond acceptors (Lipinski definition) is 5. The summed E-state index contributed by atoms with van der Waals surface area (Å²) in [4.78, 5) is 14.2. The third-order valence-electron chi connectivity index (χ3n) is 2.79. The Kier molecular flexibility index (Phi) is 3.97. The first-order valence-electron chi connectivity index (χ1n) is 5.97. The summed E-state index contributed by atoms with van der Waals surface area (Å²) in [5, 5.41) is 16.0. The molecule has 0 saturated heterocycles. The van der Waals surface area contributed by atoms with Crippen LogP contribution in [0.1, 0.15) is 5.56 Å². The van der Waals surface area contributed by atoms with E-state index in [1.807, 2.05) is 0 Å². The summed E-state index contributed by atoms with van der Waals surface area (Å²) in [5.41, 5.74) is -0.195. The summed E-state index contributed by atoms with van der Waals surface area (Å²) in [7, 11) is 1.54. The van der Waals surface area contributed by atoms with Crippen molar-refractivity contribution in [3.05, 3.63) is 51.6 Å². The number of aromatic nitrogens is 1. The second kappa shape index (κ2) is 5.70. The van der Waals surface area contributed by atoms with Crippen LogP contribution in [0.3, 0.4) is 0 Å². The molecule has 0 amide bonds. The average Bonchev–Trinajstić information content (AvgIpc) is 2.44.